The van der Waals surface area contributed by atoms with Crippen molar-refractivity contribution in [3.05, 3.63) is 52.0 Å². The van der Waals surface area contributed by atoms with Crippen LogP contribution in [0.25, 0.3) is 0 Å². The van der Waals surface area contributed by atoms with Gasteiger partial charge in [0.1, 0.15) is 0 Å². The molecule has 2 aromatic carbocycles. The van der Waals surface area contributed by atoms with Crippen molar-refractivity contribution in [2.75, 3.05) is 10.5 Å². The number of nitrogen functional groups attached to an aromatic ring is 1. The molecule has 6 heteroatoms. The first kappa shape index (κ1) is 14.9. The number of halogens is 1. The van der Waals surface area contributed by atoms with Gasteiger partial charge in [-0.15, -0.1) is 0 Å². The second kappa shape index (κ2) is 5.46. The highest BCUT2D eigenvalue weighted by Crippen LogP contribution is 2.28. The van der Waals surface area contributed by atoms with E-state index in [0.717, 1.165) is 5.56 Å². The van der Waals surface area contributed by atoms with Crippen LogP contribution in [0.2, 0.25) is 0 Å². The van der Waals surface area contributed by atoms with Crippen molar-refractivity contribution in [3.63, 3.8) is 0 Å². The quantitative estimate of drug-likeness (QED) is 0.829. The number of sulfonamides is 1. The van der Waals surface area contributed by atoms with Crippen LogP contribution >= 0.6 is 15.9 Å². The van der Waals surface area contributed by atoms with Gasteiger partial charge in [0, 0.05) is 10.2 Å². The SMILES string of the molecule is Cc1ccc(Br)c(NS(=O)(=O)c2cccc(N)c2C)c1. The van der Waals surface area contributed by atoms with E-state index in [4.69, 9.17) is 5.73 Å². The third kappa shape index (κ3) is 2.96. The van der Waals surface area contributed by atoms with Crippen molar-refractivity contribution in [1.29, 1.82) is 0 Å². The summed E-state index contributed by atoms with van der Waals surface area (Å²) >= 11 is 3.34. The molecule has 0 aromatic heterocycles. The maximum absolute atomic E-state index is 12.5. The largest absolute Gasteiger partial charge is 0.398 e. The number of nitrogens with one attached hydrogen (secondary N) is 1. The average molecular weight is 355 g/mol. The van der Waals surface area contributed by atoms with Crippen LogP contribution in [0, 0.1) is 13.8 Å². The first-order chi connectivity index (χ1) is 9.31. The Morgan fingerprint density at radius 2 is 1.85 bits per heavy atom. The van der Waals surface area contributed by atoms with Gasteiger partial charge in [0.25, 0.3) is 10.0 Å². The Morgan fingerprint density at radius 1 is 1.15 bits per heavy atom. The Balaban J connectivity index is 2.46. The number of hydrogen-bond donors (Lipinski definition) is 2. The molecule has 0 saturated heterocycles. The molecule has 20 heavy (non-hydrogen) atoms. The fraction of sp³-hybridized carbons (Fsp3) is 0.143. The van der Waals surface area contributed by atoms with Gasteiger partial charge in [-0.05, 0) is 65.2 Å². The first-order valence-corrected chi connectivity index (χ1v) is 8.23. The molecule has 0 heterocycles. The van der Waals surface area contributed by atoms with E-state index in [1.165, 1.54) is 6.07 Å². The van der Waals surface area contributed by atoms with Crippen molar-refractivity contribution in [2.45, 2.75) is 18.7 Å². The number of hydrogen-bond acceptors (Lipinski definition) is 3. The van der Waals surface area contributed by atoms with Gasteiger partial charge in [-0.3, -0.25) is 4.72 Å². The van der Waals surface area contributed by atoms with Crippen LogP contribution in [0.5, 0.6) is 0 Å². The van der Waals surface area contributed by atoms with E-state index >= 15 is 0 Å². The standard InChI is InChI=1S/C14H15BrN2O2S/c1-9-6-7-11(15)13(8-9)17-20(18,19)14-5-3-4-12(16)10(14)2/h3-8,17H,16H2,1-2H3. The summed E-state index contributed by atoms with van der Waals surface area (Å²) in [4.78, 5) is 0.186. The highest BCUT2D eigenvalue weighted by atomic mass is 79.9. The highest BCUT2D eigenvalue weighted by molar-refractivity contribution is 9.10. The zero-order chi connectivity index (χ0) is 14.9. The van der Waals surface area contributed by atoms with Crippen LogP contribution in [0.1, 0.15) is 11.1 Å². The third-order valence-electron chi connectivity index (χ3n) is 2.98. The number of aryl methyl sites for hydroxylation is 1. The van der Waals surface area contributed by atoms with E-state index in [1.807, 2.05) is 13.0 Å². The molecule has 0 atom stereocenters. The van der Waals surface area contributed by atoms with Crippen LogP contribution in [0.4, 0.5) is 11.4 Å². The topological polar surface area (TPSA) is 72.2 Å². The minimum absolute atomic E-state index is 0.186. The van der Waals surface area contributed by atoms with Gasteiger partial charge in [-0.2, -0.15) is 0 Å². The summed E-state index contributed by atoms with van der Waals surface area (Å²) < 4.78 is 28.2. The highest BCUT2D eigenvalue weighted by Gasteiger charge is 2.19. The van der Waals surface area contributed by atoms with E-state index < -0.39 is 10.0 Å². The van der Waals surface area contributed by atoms with Crippen molar-refractivity contribution < 1.29 is 8.42 Å². The zero-order valence-corrected chi connectivity index (χ0v) is 13.5. The van der Waals surface area contributed by atoms with E-state index in [0.29, 0.717) is 21.4 Å². The molecule has 4 nitrogen and oxygen atoms in total. The lowest BCUT2D eigenvalue weighted by Crippen LogP contribution is -2.15. The van der Waals surface area contributed by atoms with Crippen molar-refractivity contribution in [3.8, 4) is 0 Å². The Labute approximate surface area is 127 Å². The van der Waals surface area contributed by atoms with Crippen molar-refractivity contribution >= 4 is 37.3 Å². The zero-order valence-electron chi connectivity index (χ0n) is 11.1. The fourth-order valence-electron chi connectivity index (χ4n) is 1.84. The summed E-state index contributed by atoms with van der Waals surface area (Å²) in [5.74, 6) is 0. The van der Waals surface area contributed by atoms with Gasteiger partial charge in [0.05, 0.1) is 10.6 Å². The molecular weight excluding hydrogens is 340 g/mol. The maximum Gasteiger partial charge on any atom is 0.262 e. The van der Waals surface area contributed by atoms with E-state index in [1.54, 1.807) is 31.2 Å². The molecule has 0 aliphatic heterocycles. The van der Waals surface area contributed by atoms with Crippen LogP contribution in [-0.4, -0.2) is 8.42 Å². The Kier molecular flexibility index (Phi) is 4.06. The van der Waals surface area contributed by atoms with Gasteiger partial charge < -0.3 is 5.73 Å². The van der Waals surface area contributed by atoms with Gasteiger partial charge in [0.15, 0.2) is 0 Å². The molecule has 0 bridgehead atoms. The second-order valence-electron chi connectivity index (χ2n) is 4.56. The fourth-order valence-corrected chi connectivity index (χ4v) is 3.66. The molecule has 0 aliphatic rings. The lowest BCUT2D eigenvalue weighted by Gasteiger charge is -2.13. The minimum Gasteiger partial charge on any atom is -0.398 e. The molecule has 0 spiro atoms. The minimum atomic E-state index is -3.67. The second-order valence-corrected chi connectivity index (χ2v) is 7.06. The van der Waals surface area contributed by atoms with Gasteiger partial charge in [-0.1, -0.05) is 12.1 Å². The Bertz CT molecular complexity index is 758. The number of anilines is 2. The summed E-state index contributed by atoms with van der Waals surface area (Å²) in [5, 5.41) is 0. The van der Waals surface area contributed by atoms with E-state index in [-0.39, 0.29) is 4.90 Å². The summed E-state index contributed by atoms with van der Waals surface area (Å²) in [5.41, 5.74) is 8.24. The molecule has 2 rings (SSSR count). The summed E-state index contributed by atoms with van der Waals surface area (Å²) in [6, 6.07) is 10.3. The molecule has 0 saturated carbocycles. The molecule has 0 fully saturated rings. The van der Waals surface area contributed by atoms with Crippen LogP contribution in [-0.2, 0) is 10.0 Å². The van der Waals surface area contributed by atoms with Crippen LogP contribution in [0.3, 0.4) is 0 Å². The summed E-state index contributed by atoms with van der Waals surface area (Å²) in [6.45, 7) is 3.59. The van der Waals surface area contributed by atoms with Crippen LogP contribution in [0.15, 0.2) is 45.8 Å². The monoisotopic (exact) mass is 354 g/mol. The van der Waals surface area contributed by atoms with E-state index in [2.05, 4.69) is 20.7 Å². The van der Waals surface area contributed by atoms with E-state index in [9.17, 15) is 8.42 Å². The van der Waals surface area contributed by atoms with Crippen molar-refractivity contribution in [1.82, 2.24) is 0 Å². The Hall–Kier alpha value is -1.53. The molecule has 0 radical (unpaired) electrons. The Morgan fingerprint density at radius 3 is 2.55 bits per heavy atom. The molecule has 0 amide bonds. The average Bonchev–Trinajstić information content (AvgIpc) is 2.36. The lowest BCUT2D eigenvalue weighted by atomic mass is 10.2. The molecule has 106 valence electrons. The third-order valence-corrected chi connectivity index (χ3v) is 5.18. The molecule has 2 aromatic rings. The predicted molar refractivity (Wildman–Crippen MR) is 85.3 cm³/mol. The predicted octanol–water partition coefficient (Wildman–Crippen LogP) is 3.45. The van der Waals surface area contributed by atoms with Crippen molar-refractivity contribution in [2.24, 2.45) is 0 Å². The van der Waals surface area contributed by atoms with Gasteiger partial charge in [-0.25, -0.2) is 8.42 Å². The summed E-state index contributed by atoms with van der Waals surface area (Å²) in [7, 11) is -3.67. The molecule has 0 aliphatic carbocycles. The van der Waals surface area contributed by atoms with Gasteiger partial charge in [0.2, 0.25) is 0 Å². The smallest absolute Gasteiger partial charge is 0.262 e. The molecular formula is C14H15BrN2O2S. The lowest BCUT2D eigenvalue weighted by molar-refractivity contribution is 0.600. The number of rotatable bonds is 3. The number of benzene rings is 2. The molecule has 0 unspecified atom stereocenters. The normalized spacial score (nSPS) is 11.3. The summed E-state index contributed by atoms with van der Waals surface area (Å²) in [6.07, 6.45) is 0. The number of nitrogens with two attached hydrogens (primary N) is 1. The maximum atomic E-state index is 12.5. The first-order valence-electron chi connectivity index (χ1n) is 5.95. The van der Waals surface area contributed by atoms with Crippen LogP contribution < -0.4 is 10.5 Å². The molecule has 3 N–H and O–H groups in total. The van der Waals surface area contributed by atoms with Gasteiger partial charge >= 0.3 is 0 Å².